The molecule has 0 saturated carbocycles. The first-order valence-corrected chi connectivity index (χ1v) is 10.0. The number of halogens is 1. The van der Waals surface area contributed by atoms with E-state index in [1.54, 1.807) is 6.92 Å². The minimum Gasteiger partial charge on any atom is -0.462 e. The molecule has 0 amide bonds. The highest BCUT2D eigenvalue weighted by atomic mass is 32.2. The van der Waals surface area contributed by atoms with Crippen LogP contribution in [0.4, 0.5) is 4.39 Å². The maximum Gasteiger partial charge on any atom is 0.338 e. The van der Waals surface area contributed by atoms with Crippen LogP contribution in [-0.2, 0) is 14.8 Å². The summed E-state index contributed by atoms with van der Waals surface area (Å²) in [5.41, 5.74) is -0.0952. The van der Waals surface area contributed by atoms with Crippen LogP contribution in [0.5, 0.6) is 0 Å². The quantitative estimate of drug-likeness (QED) is 0.743. The van der Waals surface area contributed by atoms with Crippen LogP contribution in [0.15, 0.2) is 23.1 Å². The molecular weight excluding hydrogens is 347 g/mol. The fourth-order valence-corrected chi connectivity index (χ4v) is 4.83. The van der Waals surface area contributed by atoms with E-state index in [2.05, 4.69) is 5.32 Å². The van der Waals surface area contributed by atoms with E-state index in [4.69, 9.17) is 4.74 Å². The Morgan fingerprint density at radius 2 is 1.96 bits per heavy atom. The number of esters is 1. The summed E-state index contributed by atoms with van der Waals surface area (Å²) in [6.45, 7) is 5.52. The first-order chi connectivity index (χ1) is 11.9. The number of nitrogens with one attached hydrogen (secondary N) is 1. The number of sulfonamides is 1. The summed E-state index contributed by atoms with van der Waals surface area (Å²) >= 11 is 0. The monoisotopic (exact) mass is 372 g/mol. The minimum atomic E-state index is -3.90. The van der Waals surface area contributed by atoms with Gasteiger partial charge in [-0.2, -0.15) is 4.31 Å². The topological polar surface area (TPSA) is 75.7 Å². The highest BCUT2D eigenvalue weighted by Gasteiger charge is 2.32. The molecule has 0 bridgehead atoms. The standard InChI is InChI=1S/C17H25FN2O4S/c1-3-9-20(15-5-7-19-8-6-15)25(22,23)16-11-13(10-14(18)12-16)17(21)24-4-2/h10-12,15,19H,3-9H2,1-2H3. The SMILES string of the molecule is CCCN(C1CCNCC1)S(=O)(=O)c1cc(F)cc(C(=O)OCC)c1. The average molecular weight is 372 g/mol. The van der Waals surface area contributed by atoms with Crippen molar-refractivity contribution in [2.75, 3.05) is 26.2 Å². The van der Waals surface area contributed by atoms with Gasteiger partial charge in [0.1, 0.15) is 5.82 Å². The number of piperidine rings is 1. The zero-order valence-corrected chi connectivity index (χ0v) is 15.4. The van der Waals surface area contributed by atoms with Crippen molar-refractivity contribution in [1.29, 1.82) is 0 Å². The van der Waals surface area contributed by atoms with Crippen molar-refractivity contribution in [3.63, 3.8) is 0 Å². The Kier molecular flexibility index (Phi) is 6.92. The molecular formula is C17H25FN2O4S. The number of hydrogen-bond donors (Lipinski definition) is 1. The molecule has 1 fully saturated rings. The lowest BCUT2D eigenvalue weighted by molar-refractivity contribution is 0.0525. The van der Waals surface area contributed by atoms with E-state index in [1.807, 2.05) is 6.92 Å². The van der Waals surface area contributed by atoms with Gasteiger partial charge >= 0.3 is 5.97 Å². The summed E-state index contributed by atoms with van der Waals surface area (Å²) in [6.07, 6.45) is 2.07. The second-order valence-corrected chi connectivity index (χ2v) is 7.88. The van der Waals surface area contributed by atoms with Crippen LogP contribution in [0.2, 0.25) is 0 Å². The van der Waals surface area contributed by atoms with Crippen molar-refractivity contribution in [1.82, 2.24) is 9.62 Å². The van der Waals surface area contributed by atoms with E-state index in [9.17, 15) is 17.6 Å². The maximum absolute atomic E-state index is 13.9. The van der Waals surface area contributed by atoms with Crippen molar-refractivity contribution < 1.29 is 22.3 Å². The second kappa shape index (κ2) is 8.73. The molecule has 0 unspecified atom stereocenters. The number of ether oxygens (including phenoxy) is 1. The molecule has 1 N–H and O–H groups in total. The Morgan fingerprint density at radius 1 is 1.28 bits per heavy atom. The Balaban J connectivity index is 2.40. The van der Waals surface area contributed by atoms with Gasteiger partial charge < -0.3 is 10.1 Å². The number of nitrogens with zero attached hydrogens (tertiary/aromatic N) is 1. The normalized spacial score (nSPS) is 16.2. The van der Waals surface area contributed by atoms with Crippen molar-refractivity contribution >= 4 is 16.0 Å². The molecule has 0 aliphatic carbocycles. The fraction of sp³-hybridized carbons (Fsp3) is 0.588. The number of carbonyl (C=O) groups excluding carboxylic acids is 1. The Morgan fingerprint density at radius 3 is 2.56 bits per heavy atom. The highest BCUT2D eigenvalue weighted by molar-refractivity contribution is 7.89. The van der Waals surface area contributed by atoms with Gasteiger partial charge in [0.05, 0.1) is 17.1 Å². The van der Waals surface area contributed by atoms with E-state index in [1.165, 1.54) is 10.4 Å². The van der Waals surface area contributed by atoms with Crippen LogP contribution < -0.4 is 5.32 Å². The van der Waals surface area contributed by atoms with E-state index in [0.29, 0.717) is 25.8 Å². The molecule has 0 aromatic heterocycles. The number of benzene rings is 1. The van der Waals surface area contributed by atoms with Gasteiger partial charge in [0, 0.05) is 12.6 Å². The first-order valence-electron chi connectivity index (χ1n) is 8.60. The number of rotatable bonds is 7. The Labute approximate surface area is 148 Å². The summed E-state index contributed by atoms with van der Waals surface area (Å²) in [4.78, 5) is 11.7. The molecule has 0 spiro atoms. The summed E-state index contributed by atoms with van der Waals surface area (Å²) in [5, 5.41) is 3.21. The summed E-state index contributed by atoms with van der Waals surface area (Å²) < 4.78 is 46.4. The van der Waals surface area contributed by atoms with Crippen LogP contribution in [0.1, 0.15) is 43.5 Å². The largest absolute Gasteiger partial charge is 0.462 e. The molecule has 8 heteroatoms. The minimum absolute atomic E-state index is 0.0952. The van der Waals surface area contributed by atoms with Gasteiger partial charge in [-0.05, 0) is 57.5 Å². The van der Waals surface area contributed by atoms with Crippen LogP contribution >= 0.6 is 0 Å². The van der Waals surface area contributed by atoms with Crippen LogP contribution in [0.3, 0.4) is 0 Å². The average Bonchev–Trinajstić information content (AvgIpc) is 2.60. The predicted octanol–water partition coefficient (Wildman–Crippen LogP) is 2.16. The maximum atomic E-state index is 13.9. The van der Waals surface area contributed by atoms with Gasteiger partial charge in [0.2, 0.25) is 10.0 Å². The van der Waals surface area contributed by atoms with Crippen LogP contribution in [-0.4, -0.2) is 51.0 Å². The molecule has 1 aromatic carbocycles. The molecule has 0 radical (unpaired) electrons. The smallest absolute Gasteiger partial charge is 0.338 e. The van der Waals surface area contributed by atoms with Gasteiger partial charge in [-0.25, -0.2) is 17.6 Å². The third kappa shape index (κ3) is 4.77. The van der Waals surface area contributed by atoms with Gasteiger partial charge in [-0.15, -0.1) is 0 Å². The lowest BCUT2D eigenvalue weighted by Gasteiger charge is -2.33. The molecule has 1 heterocycles. The molecule has 1 aromatic rings. The van der Waals surface area contributed by atoms with E-state index in [-0.39, 0.29) is 23.1 Å². The second-order valence-electron chi connectivity index (χ2n) is 5.99. The van der Waals surface area contributed by atoms with Crippen molar-refractivity contribution in [2.45, 2.75) is 44.0 Å². The van der Waals surface area contributed by atoms with Gasteiger partial charge in [-0.1, -0.05) is 6.92 Å². The Hall–Kier alpha value is -1.51. The molecule has 140 valence electrons. The predicted molar refractivity (Wildman–Crippen MR) is 92.4 cm³/mol. The first kappa shape index (κ1) is 19.8. The van der Waals surface area contributed by atoms with Crippen molar-refractivity contribution in [3.8, 4) is 0 Å². The van der Waals surface area contributed by atoms with Crippen molar-refractivity contribution in [3.05, 3.63) is 29.6 Å². The Bertz CT molecular complexity index is 703. The molecule has 1 saturated heterocycles. The van der Waals surface area contributed by atoms with Gasteiger partial charge in [0.15, 0.2) is 0 Å². The summed E-state index contributed by atoms with van der Waals surface area (Å²) in [6, 6.07) is 3.02. The molecule has 1 aliphatic heterocycles. The van der Waals surface area contributed by atoms with Gasteiger partial charge in [0.25, 0.3) is 0 Å². The van der Waals surface area contributed by atoms with Crippen LogP contribution in [0.25, 0.3) is 0 Å². The fourth-order valence-electron chi connectivity index (χ4n) is 2.99. The van der Waals surface area contributed by atoms with E-state index in [0.717, 1.165) is 25.2 Å². The summed E-state index contributed by atoms with van der Waals surface area (Å²) in [5.74, 6) is -1.51. The highest BCUT2D eigenvalue weighted by Crippen LogP contribution is 2.25. The lowest BCUT2D eigenvalue weighted by atomic mass is 10.1. The molecule has 0 atom stereocenters. The summed E-state index contributed by atoms with van der Waals surface area (Å²) in [7, 11) is -3.90. The van der Waals surface area contributed by atoms with Crippen molar-refractivity contribution in [2.24, 2.45) is 0 Å². The zero-order valence-electron chi connectivity index (χ0n) is 14.6. The molecule has 1 aliphatic rings. The van der Waals surface area contributed by atoms with Crippen LogP contribution in [0, 0.1) is 5.82 Å². The van der Waals surface area contributed by atoms with Gasteiger partial charge in [-0.3, -0.25) is 0 Å². The van der Waals surface area contributed by atoms with E-state index >= 15 is 0 Å². The third-order valence-corrected chi connectivity index (χ3v) is 6.08. The third-order valence-electron chi connectivity index (χ3n) is 4.15. The number of hydrogen-bond acceptors (Lipinski definition) is 5. The van der Waals surface area contributed by atoms with E-state index < -0.39 is 21.8 Å². The number of carbonyl (C=O) groups is 1. The molecule has 25 heavy (non-hydrogen) atoms. The molecule has 2 rings (SSSR count). The zero-order chi connectivity index (χ0) is 18.4. The lowest BCUT2D eigenvalue weighted by Crippen LogP contribution is -2.46. The molecule has 6 nitrogen and oxygen atoms in total.